The summed E-state index contributed by atoms with van der Waals surface area (Å²) in [6, 6.07) is 16.6. The normalized spacial score (nSPS) is 10.2. The first-order valence-corrected chi connectivity index (χ1v) is 9.96. The van der Waals surface area contributed by atoms with Crippen LogP contribution in [-0.2, 0) is 11.4 Å². The predicted molar refractivity (Wildman–Crippen MR) is 123 cm³/mol. The van der Waals surface area contributed by atoms with Crippen LogP contribution in [0.5, 0.6) is 5.75 Å². The third-order valence-electron chi connectivity index (χ3n) is 4.51. The molecule has 0 radical (unpaired) electrons. The standard InChI is InChI=1S/C24H18ClFN4O2.Na/c1-2-23(31)29-17-6-8-21-19(11-17)24(28-14-27-21)30-18-7-9-22(20(25)12-18)32-13-15-4-3-5-16(26)10-15;/h2-12,14H,1,13H2,(H2,27,28,29,30,31);/q;+1/p-1. The minimum Gasteiger partial charge on any atom is -0.623 e. The molecular weight excluding hydrogens is 454 g/mol. The summed E-state index contributed by atoms with van der Waals surface area (Å²) in [6.45, 7) is 3.61. The Bertz CT molecular complexity index is 1320. The number of anilines is 2. The van der Waals surface area contributed by atoms with Gasteiger partial charge in [-0.05, 0) is 48.0 Å². The molecule has 0 aliphatic carbocycles. The van der Waals surface area contributed by atoms with Crippen LogP contribution in [0, 0.1) is 5.82 Å². The van der Waals surface area contributed by atoms with Gasteiger partial charge in [0.1, 0.15) is 30.3 Å². The van der Waals surface area contributed by atoms with Crippen LogP contribution in [0.3, 0.4) is 0 Å². The molecule has 0 spiro atoms. The van der Waals surface area contributed by atoms with E-state index in [2.05, 4.69) is 27.2 Å². The van der Waals surface area contributed by atoms with E-state index in [-0.39, 0.29) is 42.0 Å². The van der Waals surface area contributed by atoms with E-state index in [9.17, 15) is 9.18 Å². The van der Waals surface area contributed by atoms with Gasteiger partial charge in [0.15, 0.2) is 0 Å². The summed E-state index contributed by atoms with van der Waals surface area (Å²) in [7, 11) is 0. The van der Waals surface area contributed by atoms with Crippen LogP contribution >= 0.6 is 11.6 Å². The van der Waals surface area contributed by atoms with Crippen LogP contribution in [0.2, 0.25) is 5.02 Å². The number of nitrogens with zero attached hydrogens (tertiary/aromatic N) is 3. The van der Waals surface area contributed by atoms with Crippen molar-refractivity contribution in [3.8, 4) is 5.75 Å². The maximum atomic E-state index is 13.3. The van der Waals surface area contributed by atoms with Crippen molar-refractivity contribution in [3.05, 3.63) is 101 Å². The Kier molecular flexibility index (Phi) is 8.41. The van der Waals surface area contributed by atoms with Crippen molar-refractivity contribution < 1.29 is 43.5 Å². The molecule has 9 heteroatoms. The Hall–Kier alpha value is -2.97. The molecule has 0 fully saturated rings. The van der Waals surface area contributed by atoms with Gasteiger partial charge < -0.3 is 20.2 Å². The van der Waals surface area contributed by atoms with Crippen molar-refractivity contribution in [3.63, 3.8) is 0 Å². The second kappa shape index (κ2) is 11.2. The Balaban J connectivity index is 0.00000306. The van der Waals surface area contributed by atoms with Gasteiger partial charge in [0.2, 0.25) is 0 Å². The number of benzene rings is 3. The zero-order valence-corrected chi connectivity index (χ0v) is 20.5. The van der Waals surface area contributed by atoms with Gasteiger partial charge in [-0.1, -0.05) is 42.4 Å². The monoisotopic (exact) mass is 470 g/mol. The number of aromatic nitrogens is 2. The number of amides is 1. The number of ether oxygens (including phenoxy) is 1. The van der Waals surface area contributed by atoms with Crippen LogP contribution in [0.15, 0.2) is 79.6 Å². The van der Waals surface area contributed by atoms with Crippen LogP contribution < -0.4 is 39.6 Å². The fraction of sp³-hybridized carbons (Fsp3) is 0.0417. The van der Waals surface area contributed by atoms with Crippen molar-refractivity contribution in [1.82, 2.24) is 9.97 Å². The Labute approximate surface area is 217 Å². The zero-order chi connectivity index (χ0) is 22.5. The van der Waals surface area contributed by atoms with Gasteiger partial charge >= 0.3 is 29.6 Å². The summed E-state index contributed by atoms with van der Waals surface area (Å²) in [6.07, 6.45) is 2.58. The first-order chi connectivity index (χ1) is 15.5. The molecule has 0 unspecified atom stereocenters. The molecule has 0 bridgehead atoms. The molecule has 160 valence electrons. The quantitative estimate of drug-likeness (QED) is 0.330. The van der Waals surface area contributed by atoms with E-state index in [1.165, 1.54) is 18.5 Å². The largest absolute Gasteiger partial charge is 1.00 e. The summed E-state index contributed by atoms with van der Waals surface area (Å²) >= 11 is 6.38. The summed E-state index contributed by atoms with van der Waals surface area (Å²) < 4.78 is 19.0. The average molecular weight is 471 g/mol. The number of carbonyl (C=O) groups is 1. The van der Waals surface area contributed by atoms with Gasteiger partial charge in [-0.25, -0.2) is 14.4 Å². The molecule has 6 nitrogen and oxygen atoms in total. The Morgan fingerprint density at radius 3 is 2.76 bits per heavy atom. The SMILES string of the molecule is C=CC(=O)[N-]c1ccc2ncnc(Nc3ccc(OCc4cccc(F)c4)c(Cl)c3)c2c1.[Na+]. The number of nitrogens with one attached hydrogen (secondary N) is 1. The van der Waals surface area contributed by atoms with E-state index in [0.29, 0.717) is 44.4 Å². The second-order valence-corrected chi connectivity index (χ2v) is 7.17. The van der Waals surface area contributed by atoms with Gasteiger partial charge in [0.25, 0.3) is 0 Å². The maximum Gasteiger partial charge on any atom is 1.00 e. The molecule has 1 aromatic heterocycles. The van der Waals surface area contributed by atoms with E-state index >= 15 is 0 Å². The van der Waals surface area contributed by atoms with Crippen molar-refractivity contribution >= 4 is 45.6 Å². The number of hydrogen-bond donors (Lipinski definition) is 1. The minimum atomic E-state index is -0.434. The van der Waals surface area contributed by atoms with Gasteiger partial charge in [-0.3, -0.25) is 0 Å². The zero-order valence-electron chi connectivity index (χ0n) is 17.8. The Morgan fingerprint density at radius 1 is 1.15 bits per heavy atom. The first kappa shape index (κ1) is 24.7. The van der Waals surface area contributed by atoms with E-state index in [4.69, 9.17) is 16.3 Å². The molecule has 0 aliphatic heterocycles. The van der Waals surface area contributed by atoms with Gasteiger partial charge in [-0.2, -0.15) is 0 Å². The van der Waals surface area contributed by atoms with Crippen molar-refractivity contribution in [1.29, 1.82) is 0 Å². The number of carbonyl (C=O) groups excluding carboxylic acids is 1. The third-order valence-corrected chi connectivity index (χ3v) is 4.81. The molecule has 0 aliphatic rings. The smallest absolute Gasteiger partial charge is 0.623 e. The topological polar surface area (TPSA) is 78.2 Å². The fourth-order valence-electron chi connectivity index (χ4n) is 3.01. The van der Waals surface area contributed by atoms with E-state index in [0.717, 1.165) is 6.08 Å². The van der Waals surface area contributed by atoms with Crippen LogP contribution in [0.25, 0.3) is 16.2 Å². The summed E-state index contributed by atoms with van der Waals surface area (Å²) in [5.74, 6) is 0.246. The summed E-state index contributed by atoms with van der Waals surface area (Å²) in [4.78, 5) is 20.1. The molecule has 0 atom stereocenters. The molecule has 33 heavy (non-hydrogen) atoms. The van der Waals surface area contributed by atoms with Crippen LogP contribution in [0.1, 0.15) is 5.56 Å². The van der Waals surface area contributed by atoms with Crippen molar-refractivity contribution in [2.24, 2.45) is 0 Å². The third kappa shape index (κ3) is 6.30. The molecule has 0 saturated heterocycles. The van der Waals surface area contributed by atoms with E-state index in [1.54, 1.807) is 48.5 Å². The average Bonchev–Trinajstić information content (AvgIpc) is 2.79. The van der Waals surface area contributed by atoms with Crippen molar-refractivity contribution in [2.45, 2.75) is 6.61 Å². The number of halogens is 2. The molecule has 1 N–H and O–H groups in total. The predicted octanol–water partition coefficient (Wildman–Crippen LogP) is 3.47. The molecule has 0 saturated carbocycles. The van der Waals surface area contributed by atoms with Gasteiger partial charge in [0, 0.05) is 11.1 Å². The van der Waals surface area contributed by atoms with Crippen LogP contribution in [-0.4, -0.2) is 15.9 Å². The van der Waals surface area contributed by atoms with Crippen LogP contribution in [0.4, 0.5) is 21.6 Å². The number of rotatable bonds is 7. The van der Waals surface area contributed by atoms with Crippen molar-refractivity contribution in [2.75, 3.05) is 5.32 Å². The number of fused-ring (bicyclic) bond motifs is 1. The second-order valence-electron chi connectivity index (χ2n) is 6.77. The number of hydrogen-bond acceptors (Lipinski definition) is 5. The minimum absolute atomic E-state index is 0. The molecular formula is C24H17ClFN4NaO2. The van der Waals surface area contributed by atoms with Gasteiger partial charge in [-0.15, -0.1) is 5.69 Å². The van der Waals surface area contributed by atoms with Gasteiger partial charge in [0.05, 0.1) is 16.4 Å². The fourth-order valence-corrected chi connectivity index (χ4v) is 3.24. The van der Waals surface area contributed by atoms with E-state index in [1.807, 2.05) is 0 Å². The molecule has 1 amide bonds. The molecule has 4 aromatic rings. The first-order valence-electron chi connectivity index (χ1n) is 9.58. The maximum absolute atomic E-state index is 13.3. The Morgan fingerprint density at radius 2 is 2.00 bits per heavy atom. The molecule has 3 aromatic carbocycles. The molecule has 4 rings (SSSR count). The summed E-state index contributed by atoms with van der Waals surface area (Å²) in [5, 5.41) is 8.23. The molecule has 1 heterocycles. The summed E-state index contributed by atoms with van der Waals surface area (Å²) in [5.41, 5.74) is 2.54. The van der Waals surface area contributed by atoms with E-state index < -0.39 is 5.91 Å².